The average molecular weight is 561 g/mol. The van der Waals surface area contributed by atoms with Gasteiger partial charge in [-0.2, -0.15) is 13.2 Å². The number of carbonyl (C=O) groups is 3. The van der Waals surface area contributed by atoms with Crippen LogP contribution in [-0.2, 0) is 21.1 Å². The van der Waals surface area contributed by atoms with Crippen LogP contribution in [0.2, 0.25) is 0 Å². The van der Waals surface area contributed by atoms with E-state index in [1.54, 1.807) is 42.5 Å². The summed E-state index contributed by atoms with van der Waals surface area (Å²) in [6, 6.07) is 14.3. The predicted octanol–water partition coefficient (Wildman–Crippen LogP) is 4.04. The number of halogens is 3. The number of nitrogens with one attached hydrogen (secondary N) is 2. The Kier molecular flexibility index (Phi) is 6.29. The number of ether oxygens (including phenoxy) is 1. The summed E-state index contributed by atoms with van der Waals surface area (Å²) in [7, 11) is -5.57. The molecule has 2 aromatic carbocycles. The van der Waals surface area contributed by atoms with Gasteiger partial charge in [0.15, 0.2) is 0 Å². The van der Waals surface area contributed by atoms with Crippen LogP contribution in [0.1, 0.15) is 12.0 Å². The fraction of sp³-hybridized carbons (Fsp3) is 0.200. The smallest absolute Gasteiger partial charge is 0.410 e. The van der Waals surface area contributed by atoms with E-state index in [2.05, 4.69) is 15.6 Å². The summed E-state index contributed by atoms with van der Waals surface area (Å²) in [5, 5.41) is 5.17. The van der Waals surface area contributed by atoms with E-state index in [1.165, 1.54) is 6.20 Å². The number of alkyl halides is 3. The van der Waals surface area contributed by atoms with Gasteiger partial charge in [0.05, 0.1) is 10.6 Å². The molecule has 2 fully saturated rings. The Morgan fingerprint density at radius 3 is 2.46 bits per heavy atom. The highest BCUT2D eigenvalue weighted by atomic mass is 32.2. The SMILES string of the molecule is O=C(Nc1cc(CC2CC23NC(=O)N(c2ccc(S(=O)(=O)C(F)(F)F)cc2)C3=O)ccn1)Oc1ccccc1. The molecular formula is C25H19F3N4O6S. The van der Waals surface area contributed by atoms with Gasteiger partial charge in [0, 0.05) is 6.20 Å². The van der Waals surface area contributed by atoms with Crippen molar-refractivity contribution in [2.45, 2.75) is 28.8 Å². The number of aromatic nitrogens is 1. The molecule has 1 aliphatic carbocycles. The molecule has 3 aromatic rings. The number of hydrogen-bond acceptors (Lipinski definition) is 7. The van der Waals surface area contributed by atoms with E-state index in [9.17, 15) is 36.0 Å². The number of rotatable bonds is 6. The number of para-hydroxylation sites is 1. The van der Waals surface area contributed by atoms with E-state index >= 15 is 0 Å². The lowest BCUT2D eigenvalue weighted by Gasteiger charge is -2.14. The van der Waals surface area contributed by atoms with E-state index in [0.717, 1.165) is 22.6 Å². The quantitative estimate of drug-likeness (QED) is 0.435. The van der Waals surface area contributed by atoms with Crippen LogP contribution in [0.4, 0.5) is 34.3 Å². The first-order chi connectivity index (χ1) is 18.4. The lowest BCUT2D eigenvalue weighted by atomic mass is 10.1. The molecule has 10 nitrogen and oxygen atoms in total. The van der Waals surface area contributed by atoms with Gasteiger partial charge in [-0.1, -0.05) is 18.2 Å². The number of hydrogen-bond donors (Lipinski definition) is 2. The molecule has 0 radical (unpaired) electrons. The number of carbonyl (C=O) groups excluding carboxylic acids is 3. The van der Waals surface area contributed by atoms with Crippen molar-refractivity contribution in [1.82, 2.24) is 10.3 Å². The molecule has 1 saturated heterocycles. The maximum Gasteiger partial charge on any atom is 0.501 e. The van der Waals surface area contributed by atoms with Crippen molar-refractivity contribution in [3.05, 3.63) is 78.5 Å². The second kappa shape index (κ2) is 9.38. The number of anilines is 2. The van der Waals surface area contributed by atoms with E-state index < -0.39 is 43.8 Å². The van der Waals surface area contributed by atoms with Crippen LogP contribution < -0.4 is 20.3 Å². The number of sulfone groups is 1. The number of amides is 4. The summed E-state index contributed by atoms with van der Waals surface area (Å²) >= 11 is 0. The van der Waals surface area contributed by atoms with Crippen molar-refractivity contribution in [3.63, 3.8) is 0 Å². The van der Waals surface area contributed by atoms with Gasteiger partial charge in [0.2, 0.25) is 0 Å². The van der Waals surface area contributed by atoms with Gasteiger partial charge in [-0.25, -0.2) is 27.9 Å². The minimum Gasteiger partial charge on any atom is -0.410 e. The summed E-state index contributed by atoms with van der Waals surface area (Å²) in [4.78, 5) is 41.8. The van der Waals surface area contributed by atoms with Crippen molar-refractivity contribution in [1.29, 1.82) is 0 Å². The number of benzene rings is 2. The van der Waals surface area contributed by atoms with Crippen LogP contribution in [0.25, 0.3) is 0 Å². The van der Waals surface area contributed by atoms with Gasteiger partial charge in [-0.15, -0.1) is 0 Å². The lowest BCUT2D eigenvalue weighted by Crippen LogP contribution is -2.35. The molecule has 1 aromatic heterocycles. The third-order valence-corrected chi connectivity index (χ3v) is 7.93. The van der Waals surface area contributed by atoms with E-state index in [0.29, 0.717) is 30.7 Å². The molecule has 2 aliphatic rings. The first-order valence-corrected chi connectivity index (χ1v) is 13.0. The molecule has 2 unspecified atom stereocenters. The first-order valence-electron chi connectivity index (χ1n) is 11.5. The molecule has 0 bridgehead atoms. The molecule has 14 heteroatoms. The fourth-order valence-electron chi connectivity index (χ4n) is 4.41. The molecular weight excluding hydrogens is 541 g/mol. The fourth-order valence-corrected chi connectivity index (χ4v) is 5.17. The Hall–Kier alpha value is -4.46. The highest BCUT2D eigenvalue weighted by molar-refractivity contribution is 7.92. The Labute approximate surface area is 219 Å². The zero-order valence-electron chi connectivity index (χ0n) is 19.8. The van der Waals surface area contributed by atoms with Crippen molar-refractivity contribution in [2.24, 2.45) is 5.92 Å². The second-order valence-electron chi connectivity index (χ2n) is 8.97. The molecule has 202 valence electrons. The van der Waals surface area contributed by atoms with Gasteiger partial charge in [0.25, 0.3) is 15.7 Å². The van der Waals surface area contributed by atoms with E-state index in [4.69, 9.17) is 4.74 Å². The average Bonchev–Trinajstić information content (AvgIpc) is 3.49. The summed E-state index contributed by atoms with van der Waals surface area (Å²) in [6.45, 7) is 0. The van der Waals surface area contributed by atoms with Crippen LogP contribution in [0.3, 0.4) is 0 Å². The number of imide groups is 1. The zero-order chi connectivity index (χ0) is 28.0. The van der Waals surface area contributed by atoms with Crippen LogP contribution in [0, 0.1) is 5.92 Å². The molecule has 4 amide bonds. The minimum absolute atomic E-state index is 0.0616. The summed E-state index contributed by atoms with van der Waals surface area (Å²) in [6.07, 6.45) is 1.40. The lowest BCUT2D eigenvalue weighted by molar-refractivity contribution is -0.119. The number of urea groups is 1. The van der Waals surface area contributed by atoms with Crippen LogP contribution in [0.15, 0.2) is 77.8 Å². The zero-order valence-corrected chi connectivity index (χ0v) is 20.6. The molecule has 5 rings (SSSR count). The van der Waals surface area contributed by atoms with Gasteiger partial charge in [-0.3, -0.25) is 10.1 Å². The Morgan fingerprint density at radius 2 is 1.79 bits per heavy atom. The highest BCUT2D eigenvalue weighted by Gasteiger charge is 2.67. The van der Waals surface area contributed by atoms with Gasteiger partial charge < -0.3 is 10.1 Å². The monoisotopic (exact) mass is 560 g/mol. The van der Waals surface area contributed by atoms with Crippen LogP contribution in [-0.4, -0.2) is 42.5 Å². The topological polar surface area (TPSA) is 135 Å². The molecule has 1 spiro atoms. The maximum atomic E-state index is 13.2. The highest BCUT2D eigenvalue weighted by Crippen LogP contribution is 2.50. The molecule has 2 heterocycles. The predicted molar refractivity (Wildman–Crippen MR) is 131 cm³/mol. The largest absolute Gasteiger partial charge is 0.501 e. The summed E-state index contributed by atoms with van der Waals surface area (Å²) in [5.74, 6) is -0.318. The number of nitrogens with zero attached hydrogens (tertiary/aromatic N) is 2. The summed E-state index contributed by atoms with van der Waals surface area (Å²) in [5.41, 5.74) is -6.01. The molecule has 2 atom stereocenters. The van der Waals surface area contributed by atoms with E-state index in [1.807, 2.05) is 0 Å². The normalized spacial score (nSPS) is 20.6. The van der Waals surface area contributed by atoms with Crippen molar-refractivity contribution in [3.8, 4) is 5.75 Å². The van der Waals surface area contributed by atoms with Crippen molar-refractivity contribution < 1.29 is 40.7 Å². The van der Waals surface area contributed by atoms with Crippen molar-refractivity contribution >= 4 is 39.4 Å². The van der Waals surface area contributed by atoms with Gasteiger partial charge >= 0.3 is 17.6 Å². The van der Waals surface area contributed by atoms with Gasteiger partial charge in [-0.05, 0) is 72.9 Å². The standard InChI is InChI=1S/C25H19F3N4O6S/c26-25(27,28)39(36,37)19-8-6-17(7-9-19)32-21(33)24(31-22(32)34)14-16(24)12-15-10-11-29-20(13-15)30-23(35)38-18-4-2-1-3-5-18/h1-11,13,16H,12,14H2,(H,31,34)(H,29,30,35). The minimum atomic E-state index is -5.57. The van der Waals surface area contributed by atoms with Crippen molar-refractivity contribution in [2.75, 3.05) is 10.2 Å². The van der Waals surface area contributed by atoms with Crippen LogP contribution in [0.5, 0.6) is 5.75 Å². The molecule has 1 saturated carbocycles. The Bertz CT molecular complexity index is 1560. The van der Waals surface area contributed by atoms with E-state index in [-0.39, 0.29) is 17.4 Å². The Morgan fingerprint density at radius 1 is 1.10 bits per heavy atom. The first kappa shape index (κ1) is 26.2. The molecule has 2 N–H and O–H groups in total. The molecule has 39 heavy (non-hydrogen) atoms. The number of pyridine rings is 1. The Balaban J connectivity index is 1.25. The van der Waals surface area contributed by atoms with Gasteiger partial charge in [0.1, 0.15) is 17.1 Å². The molecule has 1 aliphatic heterocycles. The maximum absolute atomic E-state index is 13.2. The third kappa shape index (κ3) is 4.90. The second-order valence-corrected chi connectivity index (χ2v) is 10.9. The third-order valence-electron chi connectivity index (χ3n) is 6.42. The summed E-state index contributed by atoms with van der Waals surface area (Å²) < 4.78 is 66.8. The van der Waals surface area contributed by atoms with Crippen LogP contribution >= 0.6 is 0 Å².